The smallest absolute Gasteiger partial charge is 0.224 e. The quantitative estimate of drug-likeness (QED) is 0.839. The van der Waals surface area contributed by atoms with Crippen LogP contribution in [0, 0.1) is 6.92 Å². The van der Waals surface area contributed by atoms with E-state index in [1.54, 1.807) is 10.9 Å². The molecule has 90 valence electrons. The summed E-state index contributed by atoms with van der Waals surface area (Å²) < 4.78 is 1.77. The maximum Gasteiger partial charge on any atom is 0.224 e. The predicted molar refractivity (Wildman–Crippen MR) is 67.4 cm³/mol. The van der Waals surface area contributed by atoms with Crippen LogP contribution in [0.15, 0.2) is 18.5 Å². The van der Waals surface area contributed by atoms with Gasteiger partial charge in [0.2, 0.25) is 5.95 Å². The van der Waals surface area contributed by atoms with Crippen LogP contribution >= 0.6 is 0 Å². The van der Waals surface area contributed by atoms with E-state index < -0.39 is 0 Å². The van der Waals surface area contributed by atoms with Gasteiger partial charge < -0.3 is 10.6 Å². The average Bonchev–Trinajstić information content (AvgIpc) is 2.58. The molecule has 0 amide bonds. The third-order valence-corrected chi connectivity index (χ3v) is 2.27. The molecule has 0 aliphatic carbocycles. The zero-order valence-corrected chi connectivity index (χ0v) is 10.2. The lowest BCUT2D eigenvalue weighted by molar-refractivity contribution is 0.756. The van der Waals surface area contributed by atoms with Crippen LogP contribution in [0.2, 0.25) is 0 Å². The number of aromatic nitrogens is 4. The highest BCUT2D eigenvalue weighted by atomic mass is 15.3. The summed E-state index contributed by atoms with van der Waals surface area (Å²) in [4.78, 5) is 8.45. The number of rotatable bonds is 4. The first-order valence-electron chi connectivity index (χ1n) is 5.53. The van der Waals surface area contributed by atoms with Gasteiger partial charge in [-0.3, -0.25) is 4.68 Å². The van der Waals surface area contributed by atoms with E-state index in [1.165, 1.54) is 0 Å². The van der Waals surface area contributed by atoms with Gasteiger partial charge in [0.15, 0.2) is 0 Å². The first kappa shape index (κ1) is 11.4. The Hall–Kier alpha value is -2.11. The summed E-state index contributed by atoms with van der Waals surface area (Å²) in [6, 6.07) is 1.83. The molecule has 0 aromatic carbocycles. The van der Waals surface area contributed by atoms with Gasteiger partial charge in [-0.1, -0.05) is 0 Å². The van der Waals surface area contributed by atoms with Crippen molar-refractivity contribution >= 4 is 17.5 Å². The molecule has 2 rings (SSSR count). The monoisotopic (exact) mass is 232 g/mol. The lowest BCUT2D eigenvalue weighted by atomic mass is 10.4. The fraction of sp³-hybridized carbons (Fsp3) is 0.364. The molecule has 6 nitrogen and oxygen atoms in total. The summed E-state index contributed by atoms with van der Waals surface area (Å²) in [6.07, 6.45) is 3.64. The van der Waals surface area contributed by atoms with Gasteiger partial charge in [0.25, 0.3) is 0 Å². The van der Waals surface area contributed by atoms with Crippen LogP contribution < -0.4 is 10.6 Å². The molecule has 0 unspecified atom stereocenters. The molecule has 0 fully saturated rings. The Morgan fingerprint density at radius 3 is 2.88 bits per heavy atom. The summed E-state index contributed by atoms with van der Waals surface area (Å²) in [5.74, 6) is 1.38. The molecule has 0 radical (unpaired) electrons. The van der Waals surface area contributed by atoms with Crippen LogP contribution in [-0.2, 0) is 7.05 Å². The van der Waals surface area contributed by atoms with Crippen LogP contribution in [0.4, 0.5) is 17.5 Å². The Balaban J connectivity index is 2.18. The lowest BCUT2D eigenvalue weighted by Gasteiger charge is -2.05. The predicted octanol–water partition coefficient (Wildman–Crippen LogP) is 1.69. The highest BCUT2D eigenvalue weighted by molar-refractivity contribution is 5.58. The Labute approximate surface area is 100 Å². The Morgan fingerprint density at radius 1 is 1.41 bits per heavy atom. The van der Waals surface area contributed by atoms with Gasteiger partial charge in [-0.25, -0.2) is 4.98 Å². The zero-order chi connectivity index (χ0) is 12.3. The largest absolute Gasteiger partial charge is 0.354 e. The molecule has 0 atom stereocenters. The Morgan fingerprint density at radius 2 is 2.24 bits per heavy atom. The first-order chi connectivity index (χ1) is 8.19. The molecule has 0 aliphatic heterocycles. The number of anilines is 3. The molecule has 0 spiro atoms. The van der Waals surface area contributed by atoms with Crippen LogP contribution in [0.5, 0.6) is 0 Å². The van der Waals surface area contributed by atoms with E-state index in [2.05, 4.69) is 25.7 Å². The summed E-state index contributed by atoms with van der Waals surface area (Å²) in [7, 11) is 1.89. The summed E-state index contributed by atoms with van der Waals surface area (Å²) >= 11 is 0. The molecule has 6 heteroatoms. The summed E-state index contributed by atoms with van der Waals surface area (Å²) in [6.45, 7) is 4.76. The van der Waals surface area contributed by atoms with Gasteiger partial charge >= 0.3 is 0 Å². The number of nitrogens with one attached hydrogen (secondary N) is 2. The number of hydrogen-bond acceptors (Lipinski definition) is 5. The normalized spacial score (nSPS) is 10.3. The maximum atomic E-state index is 4.34. The van der Waals surface area contributed by atoms with Gasteiger partial charge in [-0.05, 0) is 19.9 Å². The van der Waals surface area contributed by atoms with Crippen LogP contribution in [0.3, 0.4) is 0 Å². The molecule has 2 aromatic rings. The second-order valence-electron chi connectivity index (χ2n) is 3.72. The standard InChI is InChI=1S/C11H16N6/c1-4-12-11-13-6-5-10(15-11)14-9-7-17(3)16-8(9)2/h5-7H,4H2,1-3H3,(H2,12,13,14,15). The molecule has 2 aromatic heterocycles. The van der Waals surface area contributed by atoms with Crippen molar-refractivity contribution in [3.63, 3.8) is 0 Å². The molecule has 0 aliphatic rings. The highest BCUT2D eigenvalue weighted by Crippen LogP contribution is 2.17. The number of aryl methyl sites for hydroxylation is 2. The van der Waals surface area contributed by atoms with Gasteiger partial charge in [-0.2, -0.15) is 10.1 Å². The topological polar surface area (TPSA) is 67.7 Å². The van der Waals surface area contributed by atoms with E-state index in [0.29, 0.717) is 5.95 Å². The molecule has 0 bridgehead atoms. The third kappa shape index (κ3) is 2.72. The van der Waals surface area contributed by atoms with Crippen molar-refractivity contribution in [3.8, 4) is 0 Å². The van der Waals surface area contributed by atoms with E-state index in [9.17, 15) is 0 Å². The molecule has 0 saturated heterocycles. The van der Waals surface area contributed by atoms with Crippen molar-refractivity contribution in [1.82, 2.24) is 19.7 Å². The maximum absolute atomic E-state index is 4.34. The van der Waals surface area contributed by atoms with Crippen molar-refractivity contribution < 1.29 is 0 Å². The lowest BCUT2D eigenvalue weighted by Crippen LogP contribution is -2.03. The van der Waals surface area contributed by atoms with Crippen molar-refractivity contribution in [1.29, 1.82) is 0 Å². The molecule has 2 N–H and O–H groups in total. The van der Waals surface area contributed by atoms with Crippen molar-refractivity contribution in [2.24, 2.45) is 7.05 Å². The molecule has 2 heterocycles. The van der Waals surface area contributed by atoms with E-state index in [1.807, 2.05) is 33.2 Å². The molecule has 17 heavy (non-hydrogen) atoms. The third-order valence-electron chi connectivity index (χ3n) is 2.27. The average molecular weight is 232 g/mol. The van der Waals surface area contributed by atoms with Crippen LogP contribution in [0.1, 0.15) is 12.6 Å². The van der Waals surface area contributed by atoms with Crippen molar-refractivity contribution in [3.05, 3.63) is 24.2 Å². The van der Waals surface area contributed by atoms with Crippen LogP contribution in [0.25, 0.3) is 0 Å². The minimum atomic E-state index is 0.624. The summed E-state index contributed by atoms with van der Waals surface area (Å²) in [5, 5.41) is 10.5. The van der Waals surface area contributed by atoms with Gasteiger partial charge in [-0.15, -0.1) is 0 Å². The SMILES string of the molecule is CCNc1nccc(Nc2cn(C)nc2C)n1. The fourth-order valence-corrected chi connectivity index (χ4v) is 1.53. The zero-order valence-electron chi connectivity index (χ0n) is 10.2. The number of nitrogens with zero attached hydrogens (tertiary/aromatic N) is 4. The summed E-state index contributed by atoms with van der Waals surface area (Å²) in [5.41, 5.74) is 1.89. The molecular weight excluding hydrogens is 216 g/mol. The van der Waals surface area contributed by atoms with Gasteiger partial charge in [0.1, 0.15) is 5.82 Å². The van der Waals surface area contributed by atoms with E-state index in [4.69, 9.17) is 0 Å². The second kappa shape index (κ2) is 4.82. The molecule has 0 saturated carbocycles. The second-order valence-corrected chi connectivity index (χ2v) is 3.72. The number of hydrogen-bond donors (Lipinski definition) is 2. The minimum Gasteiger partial charge on any atom is -0.354 e. The van der Waals surface area contributed by atoms with Crippen LogP contribution in [-0.4, -0.2) is 26.3 Å². The molecular formula is C11H16N6. The van der Waals surface area contributed by atoms with Crippen molar-refractivity contribution in [2.75, 3.05) is 17.2 Å². The van der Waals surface area contributed by atoms with Gasteiger partial charge in [0.05, 0.1) is 11.4 Å². The Bertz CT molecular complexity index is 504. The highest BCUT2D eigenvalue weighted by Gasteiger charge is 2.04. The minimum absolute atomic E-state index is 0.624. The van der Waals surface area contributed by atoms with E-state index in [0.717, 1.165) is 23.7 Å². The first-order valence-corrected chi connectivity index (χ1v) is 5.53. The van der Waals surface area contributed by atoms with Gasteiger partial charge in [0, 0.05) is 26.0 Å². The Kier molecular flexibility index (Phi) is 3.22. The van der Waals surface area contributed by atoms with E-state index in [-0.39, 0.29) is 0 Å². The van der Waals surface area contributed by atoms with Crippen molar-refractivity contribution in [2.45, 2.75) is 13.8 Å². The van der Waals surface area contributed by atoms with E-state index >= 15 is 0 Å². The fourth-order valence-electron chi connectivity index (χ4n) is 1.53.